The number of ether oxygens (including phenoxy) is 1. The van der Waals surface area contributed by atoms with E-state index in [-0.39, 0.29) is 17.9 Å². The molecule has 4 aromatic rings. The third kappa shape index (κ3) is 6.79. The minimum Gasteiger partial charge on any atom is -0.444 e. The third-order valence-electron chi connectivity index (χ3n) is 8.71. The van der Waals surface area contributed by atoms with Gasteiger partial charge in [0, 0.05) is 86.0 Å². The SMILES string of the molecule is CCC[C@H](O)c1cc(C)c(-c2cc3cnc(NC(=O)[C@@H]4C[C@H]4CN4CCN(C(=O)OC(C)(C)C)CC4)cc3n3ccnc23)cn1. The van der Waals surface area contributed by atoms with E-state index in [1.807, 2.05) is 63.5 Å². The van der Waals surface area contributed by atoms with Crippen molar-refractivity contribution in [1.29, 1.82) is 0 Å². The number of imidazole rings is 1. The number of piperazine rings is 1. The second-order valence-electron chi connectivity index (χ2n) is 13.4. The molecule has 0 aromatic carbocycles. The molecule has 45 heavy (non-hydrogen) atoms. The molecular weight excluding hydrogens is 570 g/mol. The van der Waals surface area contributed by atoms with Gasteiger partial charge in [-0.15, -0.1) is 0 Å². The molecule has 11 nitrogen and oxygen atoms in total. The molecule has 0 spiro atoms. The zero-order valence-corrected chi connectivity index (χ0v) is 26.8. The van der Waals surface area contributed by atoms with Gasteiger partial charge < -0.3 is 20.1 Å². The molecule has 6 rings (SSSR count). The summed E-state index contributed by atoms with van der Waals surface area (Å²) in [6.45, 7) is 13.4. The van der Waals surface area contributed by atoms with E-state index < -0.39 is 11.7 Å². The van der Waals surface area contributed by atoms with E-state index in [9.17, 15) is 14.7 Å². The number of anilines is 1. The van der Waals surface area contributed by atoms with Gasteiger partial charge in [-0.05, 0) is 64.2 Å². The van der Waals surface area contributed by atoms with Gasteiger partial charge in [-0.25, -0.2) is 14.8 Å². The summed E-state index contributed by atoms with van der Waals surface area (Å²) in [5.41, 5.74) is 4.75. The van der Waals surface area contributed by atoms with E-state index in [1.54, 1.807) is 17.3 Å². The molecule has 0 radical (unpaired) electrons. The summed E-state index contributed by atoms with van der Waals surface area (Å²) in [6.07, 6.45) is 8.85. The fraction of sp³-hybridized carbons (Fsp3) is 0.500. The van der Waals surface area contributed by atoms with Gasteiger partial charge in [0.25, 0.3) is 0 Å². The predicted molar refractivity (Wildman–Crippen MR) is 173 cm³/mol. The maximum absolute atomic E-state index is 13.2. The molecule has 2 fully saturated rings. The number of aliphatic hydroxyl groups is 1. The first-order valence-electron chi connectivity index (χ1n) is 15.9. The summed E-state index contributed by atoms with van der Waals surface area (Å²) in [6, 6.07) is 5.90. The van der Waals surface area contributed by atoms with Crippen LogP contribution < -0.4 is 5.32 Å². The van der Waals surface area contributed by atoms with Crippen LogP contribution in [-0.4, -0.2) is 84.6 Å². The highest BCUT2D eigenvalue weighted by molar-refractivity contribution is 5.97. The molecule has 1 aliphatic heterocycles. The summed E-state index contributed by atoms with van der Waals surface area (Å²) < 4.78 is 7.51. The number of rotatable bonds is 8. The summed E-state index contributed by atoms with van der Waals surface area (Å²) in [7, 11) is 0. The monoisotopic (exact) mass is 613 g/mol. The summed E-state index contributed by atoms with van der Waals surface area (Å²) >= 11 is 0. The first kappa shape index (κ1) is 30.9. The van der Waals surface area contributed by atoms with Crippen LogP contribution in [0.15, 0.2) is 43.0 Å². The number of carbonyl (C=O) groups excluding carboxylic acids is 2. The van der Waals surface area contributed by atoms with Gasteiger partial charge in [0.1, 0.15) is 17.1 Å². The van der Waals surface area contributed by atoms with Gasteiger partial charge in [-0.1, -0.05) is 13.3 Å². The Hall–Kier alpha value is -4.09. The van der Waals surface area contributed by atoms with Crippen molar-refractivity contribution >= 4 is 34.4 Å². The Morgan fingerprint density at radius 2 is 1.84 bits per heavy atom. The zero-order chi connectivity index (χ0) is 31.9. The first-order valence-corrected chi connectivity index (χ1v) is 15.9. The van der Waals surface area contributed by atoms with Crippen molar-refractivity contribution in [1.82, 2.24) is 29.2 Å². The molecule has 0 bridgehead atoms. The number of carbonyl (C=O) groups is 2. The molecule has 1 saturated carbocycles. The number of fused-ring (bicyclic) bond motifs is 3. The molecule has 4 aromatic heterocycles. The Balaban J connectivity index is 1.10. The number of hydrogen-bond acceptors (Lipinski definition) is 8. The average Bonchev–Trinajstić information content (AvgIpc) is 3.58. The van der Waals surface area contributed by atoms with Crippen LogP contribution in [0.1, 0.15) is 64.3 Å². The van der Waals surface area contributed by atoms with E-state index >= 15 is 0 Å². The van der Waals surface area contributed by atoms with Crippen LogP contribution >= 0.6 is 0 Å². The van der Waals surface area contributed by atoms with Gasteiger partial charge >= 0.3 is 6.09 Å². The lowest BCUT2D eigenvalue weighted by Gasteiger charge is -2.35. The van der Waals surface area contributed by atoms with Crippen LogP contribution in [-0.2, 0) is 9.53 Å². The van der Waals surface area contributed by atoms with Crippen molar-refractivity contribution in [2.24, 2.45) is 11.8 Å². The number of aryl methyl sites for hydroxylation is 1. The van der Waals surface area contributed by atoms with Crippen LogP contribution in [0.4, 0.5) is 10.6 Å². The Kier molecular flexibility index (Phi) is 8.49. The number of aromatic nitrogens is 4. The molecule has 2 amide bonds. The van der Waals surface area contributed by atoms with Gasteiger partial charge in [-0.2, -0.15) is 0 Å². The Bertz CT molecular complexity index is 1720. The fourth-order valence-corrected chi connectivity index (χ4v) is 6.18. The molecule has 2 aliphatic rings. The molecule has 5 heterocycles. The molecule has 2 N–H and O–H groups in total. The van der Waals surface area contributed by atoms with Crippen molar-refractivity contribution in [3.05, 3.63) is 54.2 Å². The number of nitrogens with one attached hydrogen (secondary N) is 1. The standard InChI is InChI=1S/C34H43N7O4/c1-6-7-29(42)27-14-21(2)26(19-36-27)25-15-22-18-37-30(17-28(22)41-9-8-35-31(25)41)38-32(43)24-16-23(24)20-39-10-12-40(13-11-39)33(44)45-34(3,4)5/h8-9,14-15,17-19,23-24,29,42H,6-7,10-13,16,20H2,1-5H3,(H,37,38,43)/t23-,24+,29-/m0/s1. The number of aliphatic hydroxyl groups excluding tert-OH is 1. The highest BCUT2D eigenvalue weighted by Gasteiger charge is 2.44. The second-order valence-corrected chi connectivity index (χ2v) is 13.4. The number of pyridine rings is 3. The Labute approximate surface area is 263 Å². The minimum absolute atomic E-state index is 0.00946. The largest absolute Gasteiger partial charge is 0.444 e. The molecule has 0 unspecified atom stereocenters. The first-order chi connectivity index (χ1) is 21.5. The highest BCUT2D eigenvalue weighted by Crippen LogP contribution is 2.40. The molecule has 1 aliphatic carbocycles. The van der Waals surface area contributed by atoms with Crippen molar-refractivity contribution in [2.75, 3.05) is 38.0 Å². The Morgan fingerprint density at radius 1 is 1.07 bits per heavy atom. The molecule has 3 atom stereocenters. The maximum atomic E-state index is 13.2. The van der Waals surface area contributed by atoms with Gasteiger partial charge in [-0.3, -0.25) is 19.1 Å². The fourth-order valence-electron chi connectivity index (χ4n) is 6.18. The summed E-state index contributed by atoms with van der Waals surface area (Å²) in [5, 5.41) is 14.4. The lowest BCUT2D eigenvalue weighted by atomic mass is 10.00. The van der Waals surface area contributed by atoms with E-state index in [2.05, 4.69) is 31.2 Å². The topological polar surface area (TPSA) is 125 Å². The lowest BCUT2D eigenvalue weighted by molar-refractivity contribution is -0.117. The van der Waals surface area contributed by atoms with E-state index in [1.165, 1.54) is 0 Å². The van der Waals surface area contributed by atoms with E-state index in [4.69, 9.17) is 4.74 Å². The number of nitrogens with zero attached hydrogens (tertiary/aromatic N) is 6. The predicted octanol–water partition coefficient (Wildman–Crippen LogP) is 5.21. The quantitative estimate of drug-likeness (QED) is 0.277. The maximum Gasteiger partial charge on any atom is 0.410 e. The minimum atomic E-state index is -0.573. The molecule has 1 saturated heterocycles. The normalized spacial score (nSPS) is 19.6. The van der Waals surface area contributed by atoms with Crippen molar-refractivity contribution in [3.8, 4) is 11.1 Å². The van der Waals surface area contributed by atoms with Crippen molar-refractivity contribution < 1.29 is 19.4 Å². The van der Waals surface area contributed by atoms with Crippen LogP contribution in [0.5, 0.6) is 0 Å². The van der Waals surface area contributed by atoms with Gasteiger partial charge in [0.15, 0.2) is 0 Å². The van der Waals surface area contributed by atoms with Crippen molar-refractivity contribution in [2.45, 2.75) is 65.6 Å². The van der Waals surface area contributed by atoms with Crippen LogP contribution in [0.25, 0.3) is 27.7 Å². The number of amides is 2. The average molecular weight is 614 g/mol. The van der Waals surface area contributed by atoms with Gasteiger partial charge in [0.2, 0.25) is 5.91 Å². The molecule has 11 heteroatoms. The third-order valence-corrected chi connectivity index (χ3v) is 8.71. The lowest BCUT2D eigenvalue weighted by Crippen LogP contribution is -2.50. The van der Waals surface area contributed by atoms with E-state index in [0.717, 1.165) is 65.7 Å². The Morgan fingerprint density at radius 3 is 2.56 bits per heavy atom. The summed E-state index contributed by atoms with van der Waals surface area (Å²) in [4.78, 5) is 43.4. The van der Waals surface area contributed by atoms with Crippen LogP contribution in [0.2, 0.25) is 0 Å². The van der Waals surface area contributed by atoms with Crippen molar-refractivity contribution in [3.63, 3.8) is 0 Å². The second kappa shape index (κ2) is 12.4. The zero-order valence-electron chi connectivity index (χ0n) is 26.8. The van der Waals surface area contributed by atoms with E-state index in [0.29, 0.717) is 36.9 Å². The number of hydrogen-bond donors (Lipinski definition) is 2. The smallest absolute Gasteiger partial charge is 0.410 e. The van der Waals surface area contributed by atoms with Gasteiger partial charge in [0.05, 0.1) is 17.3 Å². The molecular formula is C34H43N7O4. The highest BCUT2D eigenvalue weighted by atomic mass is 16.6. The van der Waals surface area contributed by atoms with Crippen LogP contribution in [0.3, 0.4) is 0 Å². The van der Waals surface area contributed by atoms with Crippen LogP contribution in [0, 0.1) is 18.8 Å². The molecule has 238 valence electrons. The summed E-state index contributed by atoms with van der Waals surface area (Å²) in [5.74, 6) is 0.757.